The predicted octanol–water partition coefficient (Wildman–Crippen LogP) is 4.20. The Hall–Kier alpha value is -2.59. The van der Waals surface area contributed by atoms with Crippen molar-refractivity contribution in [1.82, 2.24) is 0 Å². The summed E-state index contributed by atoms with van der Waals surface area (Å²) in [6, 6.07) is 20.1. The monoisotopic (exact) mass is 364 g/mol. The first-order valence-corrected chi connectivity index (χ1v) is 9.49. The minimum atomic E-state index is -0.805. The lowest BCUT2D eigenvalue weighted by atomic mass is 9.74. The second kappa shape index (κ2) is 7.57. The van der Waals surface area contributed by atoms with Crippen LogP contribution in [0.15, 0.2) is 72.0 Å². The number of fused-ring (bicyclic) bond motifs is 1. The maximum Gasteiger partial charge on any atom is 0.337 e. The molecule has 4 heteroatoms. The zero-order valence-electron chi connectivity index (χ0n) is 15.5. The highest BCUT2D eigenvalue weighted by atomic mass is 16.5. The Morgan fingerprint density at radius 3 is 2.11 bits per heavy atom. The van der Waals surface area contributed by atoms with Crippen molar-refractivity contribution in [3.8, 4) is 0 Å². The van der Waals surface area contributed by atoms with Crippen LogP contribution in [0.1, 0.15) is 30.9 Å². The fourth-order valence-electron chi connectivity index (χ4n) is 4.11. The molecule has 0 amide bonds. The molecule has 2 heterocycles. The van der Waals surface area contributed by atoms with Crippen molar-refractivity contribution in [3.05, 3.63) is 83.1 Å². The summed E-state index contributed by atoms with van der Waals surface area (Å²) < 4.78 is 18.1. The second-order valence-corrected chi connectivity index (χ2v) is 7.01. The summed E-state index contributed by atoms with van der Waals surface area (Å²) in [6.07, 6.45) is 1.69. The molecule has 1 fully saturated rings. The Morgan fingerprint density at radius 1 is 0.889 bits per heavy atom. The van der Waals surface area contributed by atoms with Gasteiger partial charge in [0.05, 0.1) is 24.7 Å². The van der Waals surface area contributed by atoms with Crippen LogP contribution in [0.5, 0.6) is 0 Å². The van der Waals surface area contributed by atoms with Crippen LogP contribution in [0, 0.1) is 5.92 Å². The summed E-state index contributed by atoms with van der Waals surface area (Å²) >= 11 is 0. The molecule has 4 rings (SSSR count). The molecular weight excluding hydrogens is 340 g/mol. The molecule has 0 saturated carbocycles. The third kappa shape index (κ3) is 3.15. The van der Waals surface area contributed by atoms with E-state index in [0.717, 1.165) is 24.0 Å². The van der Waals surface area contributed by atoms with Gasteiger partial charge in [-0.3, -0.25) is 0 Å². The van der Waals surface area contributed by atoms with Gasteiger partial charge in [0, 0.05) is 17.7 Å². The Labute approximate surface area is 159 Å². The number of cyclic esters (lactones) is 1. The maximum absolute atomic E-state index is 12.9. The Kier molecular flexibility index (Phi) is 4.99. The van der Waals surface area contributed by atoms with Gasteiger partial charge in [-0.25, -0.2) is 4.79 Å². The number of esters is 1. The molecule has 0 N–H and O–H groups in total. The van der Waals surface area contributed by atoms with E-state index in [-0.39, 0.29) is 11.9 Å². The van der Waals surface area contributed by atoms with Crippen molar-refractivity contribution in [2.24, 2.45) is 5.92 Å². The summed E-state index contributed by atoms with van der Waals surface area (Å²) in [5.74, 6) is 0.0477. The minimum absolute atomic E-state index is 0.270. The average molecular weight is 364 g/mol. The van der Waals surface area contributed by atoms with E-state index in [1.165, 1.54) is 0 Å². The van der Waals surface area contributed by atoms with Gasteiger partial charge < -0.3 is 14.2 Å². The van der Waals surface area contributed by atoms with Crippen LogP contribution in [0.2, 0.25) is 0 Å². The second-order valence-electron chi connectivity index (χ2n) is 7.01. The quantitative estimate of drug-likeness (QED) is 0.749. The van der Waals surface area contributed by atoms with Crippen molar-refractivity contribution in [1.29, 1.82) is 0 Å². The standard InChI is InChI=1S/C23H24O4/c1-17-21-20(16-25-14-8-9-15-26-22(21)24)23(27-17,18-10-4-2-5-11-18)19-12-6-3-7-13-19/h2-7,10-13,20H,8-9,14-16H2,1H3. The third-order valence-corrected chi connectivity index (χ3v) is 5.36. The number of carbonyl (C=O) groups is 1. The molecule has 140 valence electrons. The van der Waals surface area contributed by atoms with E-state index in [2.05, 4.69) is 0 Å². The zero-order chi connectivity index (χ0) is 18.7. The van der Waals surface area contributed by atoms with E-state index in [4.69, 9.17) is 14.2 Å². The van der Waals surface area contributed by atoms with Gasteiger partial charge in [0.15, 0.2) is 5.60 Å². The van der Waals surface area contributed by atoms with E-state index in [9.17, 15) is 4.79 Å². The lowest BCUT2D eigenvalue weighted by molar-refractivity contribution is -0.141. The molecule has 2 aromatic carbocycles. The van der Waals surface area contributed by atoms with Crippen molar-refractivity contribution in [3.63, 3.8) is 0 Å². The molecule has 0 bridgehead atoms. The molecule has 0 spiro atoms. The molecule has 0 aliphatic carbocycles. The van der Waals surface area contributed by atoms with Gasteiger partial charge >= 0.3 is 5.97 Å². The molecule has 0 aromatic heterocycles. The van der Waals surface area contributed by atoms with Gasteiger partial charge in [0.25, 0.3) is 0 Å². The smallest absolute Gasteiger partial charge is 0.337 e. The molecular formula is C23H24O4. The number of allylic oxidation sites excluding steroid dienone is 1. The van der Waals surface area contributed by atoms with Crippen LogP contribution in [-0.4, -0.2) is 25.8 Å². The number of hydrogen-bond acceptors (Lipinski definition) is 4. The van der Waals surface area contributed by atoms with Crippen LogP contribution in [0.4, 0.5) is 0 Å². The average Bonchev–Trinajstić information content (AvgIpc) is 3.02. The summed E-state index contributed by atoms with van der Waals surface area (Å²) in [5.41, 5.74) is 1.79. The SMILES string of the molecule is CC1=C2C(=O)OCCCCOCC2C(c2ccccc2)(c2ccccc2)O1. The third-order valence-electron chi connectivity index (χ3n) is 5.36. The Bertz CT molecular complexity index is 786. The largest absolute Gasteiger partial charge is 0.481 e. The van der Waals surface area contributed by atoms with Gasteiger partial charge in [0.1, 0.15) is 5.76 Å². The summed E-state index contributed by atoms with van der Waals surface area (Å²) in [6.45, 7) is 3.32. The molecule has 2 aliphatic rings. The Balaban J connectivity index is 1.88. The molecule has 27 heavy (non-hydrogen) atoms. The fourth-order valence-corrected chi connectivity index (χ4v) is 4.11. The highest BCUT2D eigenvalue weighted by molar-refractivity contribution is 5.91. The van der Waals surface area contributed by atoms with Crippen molar-refractivity contribution >= 4 is 5.97 Å². The summed E-state index contributed by atoms with van der Waals surface area (Å²) in [4.78, 5) is 12.9. The number of benzene rings is 2. The van der Waals surface area contributed by atoms with Gasteiger partial charge in [-0.2, -0.15) is 0 Å². The van der Waals surface area contributed by atoms with Crippen molar-refractivity contribution < 1.29 is 19.0 Å². The Morgan fingerprint density at radius 2 is 1.48 bits per heavy atom. The molecule has 0 radical (unpaired) electrons. The molecule has 1 saturated heterocycles. The van der Waals surface area contributed by atoms with Crippen LogP contribution in [0.25, 0.3) is 0 Å². The number of ether oxygens (including phenoxy) is 3. The van der Waals surface area contributed by atoms with E-state index in [0.29, 0.717) is 31.2 Å². The van der Waals surface area contributed by atoms with Crippen LogP contribution < -0.4 is 0 Å². The van der Waals surface area contributed by atoms with Crippen molar-refractivity contribution in [2.45, 2.75) is 25.4 Å². The normalized spacial score (nSPS) is 22.6. The first kappa shape index (κ1) is 17.8. The molecule has 1 atom stereocenters. The fraction of sp³-hybridized carbons (Fsp3) is 0.348. The summed E-state index contributed by atoms with van der Waals surface area (Å²) in [7, 11) is 0. The first-order chi connectivity index (χ1) is 13.2. The first-order valence-electron chi connectivity index (χ1n) is 9.49. The van der Waals surface area contributed by atoms with Gasteiger partial charge in [0.2, 0.25) is 0 Å². The molecule has 2 aromatic rings. The van der Waals surface area contributed by atoms with E-state index in [1.807, 2.05) is 67.6 Å². The number of hydrogen-bond donors (Lipinski definition) is 0. The maximum atomic E-state index is 12.9. The lowest BCUT2D eigenvalue weighted by Gasteiger charge is -2.37. The van der Waals surface area contributed by atoms with Crippen LogP contribution in [-0.2, 0) is 24.6 Å². The van der Waals surface area contributed by atoms with E-state index >= 15 is 0 Å². The van der Waals surface area contributed by atoms with Crippen molar-refractivity contribution in [2.75, 3.05) is 19.8 Å². The molecule has 1 unspecified atom stereocenters. The van der Waals surface area contributed by atoms with Gasteiger partial charge in [-0.05, 0) is 19.8 Å². The predicted molar refractivity (Wildman–Crippen MR) is 102 cm³/mol. The highest BCUT2D eigenvalue weighted by Crippen LogP contribution is 2.51. The number of carbonyl (C=O) groups excluding carboxylic acids is 1. The molecule has 2 aliphatic heterocycles. The highest BCUT2D eigenvalue weighted by Gasteiger charge is 2.54. The topological polar surface area (TPSA) is 44.8 Å². The van der Waals surface area contributed by atoms with E-state index in [1.54, 1.807) is 0 Å². The molecule has 4 nitrogen and oxygen atoms in total. The lowest BCUT2D eigenvalue weighted by Crippen LogP contribution is -2.39. The van der Waals surface area contributed by atoms with Gasteiger partial charge in [-0.1, -0.05) is 60.7 Å². The summed E-state index contributed by atoms with van der Waals surface area (Å²) in [5, 5.41) is 0. The zero-order valence-corrected chi connectivity index (χ0v) is 15.5. The minimum Gasteiger partial charge on any atom is -0.481 e. The van der Waals surface area contributed by atoms with E-state index < -0.39 is 5.60 Å². The van der Waals surface area contributed by atoms with Crippen LogP contribution in [0.3, 0.4) is 0 Å². The van der Waals surface area contributed by atoms with Gasteiger partial charge in [-0.15, -0.1) is 0 Å². The number of rotatable bonds is 2. The van der Waals surface area contributed by atoms with Crippen LogP contribution >= 0.6 is 0 Å².